The van der Waals surface area contributed by atoms with Crippen LogP contribution in [0.1, 0.15) is 36.6 Å². The summed E-state index contributed by atoms with van der Waals surface area (Å²) in [6.45, 7) is 6.85. The van der Waals surface area contributed by atoms with E-state index in [4.69, 9.17) is 0 Å². The van der Waals surface area contributed by atoms with Crippen molar-refractivity contribution < 1.29 is 0 Å². The quantitative estimate of drug-likeness (QED) is 0.798. The highest BCUT2D eigenvalue weighted by Gasteiger charge is 2.05. The number of hydrogen-bond acceptors (Lipinski definition) is 3. The molecule has 0 aliphatic rings. The van der Waals surface area contributed by atoms with Gasteiger partial charge in [-0.15, -0.1) is 0 Å². The van der Waals surface area contributed by atoms with Crippen LogP contribution in [0.2, 0.25) is 0 Å². The smallest absolute Gasteiger partial charge is 0.258 e. The Bertz CT molecular complexity index is 879. The van der Waals surface area contributed by atoms with Crippen LogP contribution in [0.4, 0.5) is 5.69 Å². The van der Waals surface area contributed by atoms with Gasteiger partial charge in [0.25, 0.3) is 5.56 Å². The zero-order valence-corrected chi connectivity index (χ0v) is 13.7. The average Bonchev–Trinajstić information content (AvgIpc) is 2.54. The number of nitrogens with zero attached hydrogens (tertiary/aromatic N) is 2. The molecule has 0 unspecified atom stereocenters. The van der Waals surface area contributed by atoms with Crippen LogP contribution >= 0.6 is 0 Å². The lowest BCUT2D eigenvalue weighted by molar-refractivity contribution is 0.866. The number of pyridine rings is 1. The summed E-state index contributed by atoms with van der Waals surface area (Å²) in [7, 11) is 0. The number of anilines is 1. The van der Waals surface area contributed by atoms with E-state index >= 15 is 0 Å². The summed E-state index contributed by atoms with van der Waals surface area (Å²) in [5.74, 6) is 0.522. The molecule has 0 bridgehead atoms. The van der Waals surface area contributed by atoms with E-state index in [-0.39, 0.29) is 5.56 Å². The molecule has 0 fully saturated rings. The summed E-state index contributed by atoms with van der Waals surface area (Å²) in [4.78, 5) is 16.8. The van der Waals surface area contributed by atoms with Crippen LogP contribution in [0.15, 0.2) is 53.5 Å². The number of aryl methyl sites for hydroxylation is 1. The second kappa shape index (κ2) is 6.24. The molecule has 23 heavy (non-hydrogen) atoms. The van der Waals surface area contributed by atoms with Crippen molar-refractivity contribution in [1.29, 1.82) is 0 Å². The van der Waals surface area contributed by atoms with E-state index in [1.54, 1.807) is 16.7 Å². The van der Waals surface area contributed by atoms with Crippen molar-refractivity contribution in [2.75, 3.05) is 5.32 Å². The van der Waals surface area contributed by atoms with Gasteiger partial charge in [-0.3, -0.25) is 9.20 Å². The Balaban J connectivity index is 1.82. The fourth-order valence-corrected chi connectivity index (χ4v) is 2.58. The first-order chi connectivity index (χ1) is 11.0. The van der Waals surface area contributed by atoms with Crippen molar-refractivity contribution in [2.45, 2.75) is 33.2 Å². The molecule has 118 valence electrons. The molecule has 0 spiro atoms. The van der Waals surface area contributed by atoms with Gasteiger partial charge in [0.1, 0.15) is 5.65 Å². The average molecular weight is 307 g/mol. The molecule has 3 rings (SSSR count). The molecule has 3 aromatic rings. The number of benzene rings is 1. The second-order valence-corrected chi connectivity index (χ2v) is 6.10. The maximum Gasteiger partial charge on any atom is 0.258 e. The number of aromatic nitrogens is 2. The third kappa shape index (κ3) is 3.26. The monoisotopic (exact) mass is 307 g/mol. The molecule has 0 radical (unpaired) electrons. The summed E-state index contributed by atoms with van der Waals surface area (Å²) in [5, 5.41) is 3.33. The van der Waals surface area contributed by atoms with Crippen molar-refractivity contribution in [1.82, 2.24) is 9.38 Å². The highest BCUT2D eigenvalue weighted by atomic mass is 16.1. The van der Waals surface area contributed by atoms with Gasteiger partial charge in [0.15, 0.2) is 0 Å². The first-order valence-corrected chi connectivity index (χ1v) is 7.86. The van der Waals surface area contributed by atoms with Gasteiger partial charge < -0.3 is 5.32 Å². The van der Waals surface area contributed by atoms with Gasteiger partial charge in [0, 0.05) is 18.0 Å². The van der Waals surface area contributed by atoms with Gasteiger partial charge in [-0.05, 0) is 42.2 Å². The number of fused-ring (bicyclic) bond motifs is 1. The Morgan fingerprint density at radius 3 is 2.61 bits per heavy atom. The highest BCUT2D eigenvalue weighted by molar-refractivity contribution is 5.48. The normalized spacial score (nSPS) is 11.1. The Hall–Kier alpha value is -2.62. The lowest BCUT2D eigenvalue weighted by Gasteiger charge is -2.10. The molecule has 0 aliphatic heterocycles. The number of rotatable bonds is 4. The van der Waals surface area contributed by atoms with Crippen LogP contribution in [-0.2, 0) is 6.54 Å². The molecule has 0 saturated heterocycles. The van der Waals surface area contributed by atoms with Crippen LogP contribution in [0.5, 0.6) is 0 Å². The first kappa shape index (κ1) is 15.3. The fourth-order valence-electron chi connectivity index (χ4n) is 2.58. The van der Waals surface area contributed by atoms with Gasteiger partial charge in [0.05, 0.1) is 12.2 Å². The van der Waals surface area contributed by atoms with Gasteiger partial charge in [-0.1, -0.05) is 32.0 Å². The molecule has 2 aromatic heterocycles. The van der Waals surface area contributed by atoms with Crippen LogP contribution in [0, 0.1) is 6.92 Å². The summed E-state index contributed by atoms with van der Waals surface area (Å²) < 4.78 is 1.58. The highest BCUT2D eigenvalue weighted by Crippen LogP contribution is 2.17. The third-order valence-corrected chi connectivity index (χ3v) is 3.99. The largest absolute Gasteiger partial charge is 0.379 e. The van der Waals surface area contributed by atoms with Crippen molar-refractivity contribution >= 4 is 11.3 Å². The Labute approximate surface area is 135 Å². The minimum atomic E-state index is -0.0503. The molecule has 4 heteroatoms. The zero-order chi connectivity index (χ0) is 16.4. The summed E-state index contributed by atoms with van der Waals surface area (Å²) in [6.07, 6.45) is 1.75. The van der Waals surface area contributed by atoms with Crippen molar-refractivity contribution in [2.24, 2.45) is 0 Å². The predicted octanol–water partition coefficient (Wildman–Crippen LogP) is 3.74. The molecule has 2 heterocycles. The zero-order valence-electron chi connectivity index (χ0n) is 13.7. The van der Waals surface area contributed by atoms with Gasteiger partial charge in [-0.2, -0.15) is 0 Å². The molecule has 0 aliphatic carbocycles. The van der Waals surface area contributed by atoms with E-state index in [2.05, 4.69) is 48.4 Å². The van der Waals surface area contributed by atoms with Crippen LogP contribution < -0.4 is 10.9 Å². The second-order valence-electron chi connectivity index (χ2n) is 6.10. The third-order valence-electron chi connectivity index (χ3n) is 3.99. The Kier molecular flexibility index (Phi) is 4.15. The van der Waals surface area contributed by atoms with Gasteiger partial charge >= 0.3 is 0 Å². The molecular formula is C19H21N3O. The van der Waals surface area contributed by atoms with Crippen LogP contribution in [0.3, 0.4) is 0 Å². The maximum absolute atomic E-state index is 12.2. The van der Waals surface area contributed by atoms with E-state index < -0.39 is 0 Å². The lowest BCUT2D eigenvalue weighted by Crippen LogP contribution is -2.17. The molecule has 4 nitrogen and oxygen atoms in total. The lowest BCUT2D eigenvalue weighted by atomic mass is 10.0. The van der Waals surface area contributed by atoms with Crippen molar-refractivity contribution in [3.8, 4) is 0 Å². The van der Waals surface area contributed by atoms with Gasteiger partial charge in [0.2, 0.25) is 0 Å². The summed E-state index contributed by atoms with van der Waals surface area (Å²) in [6, 6.07) is 13.8. The fraction of sp³-hybridized carbons (Fsp3) is 0.263. The summed E-state index contributed by atoms with van der Waals surface area (Å²) in [5.41, 5.74) is 4.75. The van der Waals surface area contributed by atoms with Crippen molar-refractivity contribution in [3.63, 3.8) is 0 Å². The molecule has 1 N–H and O–H groups in total. The van der Waals surface area contributed by atoms with E-state index in [0.717, 1.165) is 16.9 Å². The molecule has 1 aromatic carbocycles. The van der Waals surface area contributed by atoms with Crippen LogP contribution in [0.25, 0.3) is 5.65 Å². The molecule has 0 amide bonds. The van der Waals surface area contributed by atoms with E-state index in [1.807, 2.05) is 19.1 Å². The number of hydrogen-bond donors (Lipinski definition) is 1. The maximum atomic E-state index is 12.2. The standard InChI is InChI=1S/C19H21N3O/c1-13(2)15-6-8-16(9-7-15)20-12-17-11-18(23)22-10-4-5-14(3)19(22)21-17/h4-11,13,20H,12H2,1-3H3. The molecule has 0 atom stereocenters. The predicted molar refractivity (Wildman–Crippen MR) is 94.1 cm³/mol. The topological polar surface area (TPSA) is 46.4 Å². The molecule has 0 saturated carbocycles. The Morgan fingerprint density at radius 1 is 1.17 bits per heavy atom. The van der Waals surface area contributed by atoms with E-state index in [9.17, 15) is 4.79 Å². The minimum Gasteiger partial charge on any atom is -0.379 e. The first-order valence-electron chi connectivity index (χ1n) is 7.86. The SMILES string of the molecule is Cc1cccn2c(=O)cc(CNc3ccc(C(C)C)cc3)nc12. The van der Waals surface area contributed by atoms with E-state index in [0.29, 0.717) is 18.1 Å². The van der Waals surface area contributed by atoms with E-state index in [1.165, 1.54) is 5.56 Å². The van der Waals surface area contributed by atoms with Crippen molar-refractivity contribution in [3.05, 3.63) is 75.8 Å². The molecular weight excluding hydrogens is 286 g/mol. The minimum absolute atomic E-state index is 0.0503. The van der Waals surface area contributed by atoms with Gasteiger partial charge in [-0.25, -0.2) is 4.98 Å². The summed E-state index contributed by atoms with van der Waals surface area (Å²) >= 11 is 0. The number of nitrogens with one attached hydrogen (secondary N) is 1. The van der Waals surface area contributed by atoms with Crippen LogP contribution in [-0.4, -0.2) is 9.38 Å². The Morgan fingerprint density at radius 2 is 1.91 bits per heavy atom.